The van der Waals surface area contributed by atoms with E-state index in [0.717, 1.165) is 11.8 Å². The molecule has 0 spiro atoms. The van der Waals surface area contributed by atoms with Crippen molar-refractivity contribution in [1.82, 2.24) is 14.9 Å². The predicted molar refractivity (Wildman–Crippen MR) is 116 cm³/mol. The summed E-state index contributed by atoms with van der Waals surface area (Å²) >= 11 is 25.3. The molecule has 1 amide bonds. The molecule has 2 aromatic carbocycles. The molecule has 0 aliphatic heterocycles. The molecule has 1 heterocycles. The van der Waals surface area contributed by atoms with Crippen LogP contribution in [0.5, 0.6) is 0 Å². The molecule has 146 valence electrons. The number of nitrogen functional groups attached to an aromatic ring is 1. The van der Waals surface area contributed by atoms with Crippen LogP contribution in [-0.4, -0.2) is 26.0 Å². The molecule has 0 fully saturated rings. The van der Waals surface area contributed by atoms with Gasteiger partial charge in [-0.1, -0.05) is 64.2 Å². The van der Waals surface area contributed by atoms with Crippen molar-refractivity contribution >= 4 is 69.8 Å². The first-order valence-corrected chi connectivity index (χ1v) is 10.2. The number of nitrogens with two attached hydrogens (primary N) is 1. The molecule has 11 heteroatoms. The van der Waals surface area contributed by atoms with E-state index in [1.807, 2.05) is 0 Å². The molecule has 0 saturated carbocycles. The van der Waals surface area contributed by atoms with Gasteiger partial charge in [0.15, 0.2) is 5.82 Å². The number of halogens is 4. The van der Waals surface area contributed by atoms with Gasteiger partial charge in [0.2, 0.25) is 11.1 Å². The van der Waals surface area contributed by atoms with Crippen molar-refractivity contribution < 1.29 is 4.79 Å². The van der Waals surface area contributed by atoms with E-state index in [-0.39, 0.29) is 10.9 Å². The third-order valence-electron chi connectivity index (χ3n) is 3.70. The minimum Gasteiger partial charge on any atom is -0.335 e. The largest absolute Gasteiger partial charge is 0.335 e. The Labute approximate surface area is 185 Å². The van der Waals surface area contributed by atoms with Crippen molar-refractivity contribution in [2.45, 2.75) is 17.3 Å². The third-order valence-corrected chi connectivity index (χ3v) is 6.12. The second-order valence-corrected chi connectivity index (χ2v) is 8.59. The summed E-state index contributed by atoms with van der Waals surface area (Å²) in [6.07, 6.45) is 0. The summed E-state index contributed by atoms with van der Waals surface area (Å²) in [5, 5.41) is 12.2. The monoisotopic (exact) mass is 475 g/mol. The Hall–Kier alpha value is -1.64. The van der Waals surface area contributed by atoms with Crippen LogP contribution < -0.4 is 11.2 Å². The third kappa shape index (κ3) is 4.50. The average molecular weight is 477 g/mol. The maximum absolute atomic E-state index is 12.5. The second kappa shape index (κ2) is 8.80. The fraction of sp³-hybridized carbons (Fsp3) is 0.118. The summed E-state index contributed by atoms with van der Waals surface area (Å²) < 4.78 is 1.27. The quantitative estimate of drug-likeness (QED) is 0.380. The SMILES string of the molecule is CC(Sc1nnc(-c2ccc(Cl)cc2Cl)n1N)C(=O)Nc1cccc(Cl)c1Cl. The molecule has 0 aliphatic carbocycles. The van der Waals surface area contributed by atoms with Gasteiger partial charge < -0.3 is 11.2 Å². The number of hydrogen-bond donors (Lipinski definition) is 2. The number of rotatable bonds is 5. The Morgan fingerprint density at radius 3 is 2.61 bits per heavy atom. The van der Waals surface area contributed by atoms with Crippen LogP contribution in [0.3, 0.4) is 0 Å². The van der Waals surface area contributed by atoms with Gasteiger partial charge in [-0.2, -0.15) is 0 Å². The molecule has 1 unspecified atom stereocenters. The minimum atomic E-state index is -0.532. The van der Waals surface area contributed by atoms with Crippen LogP contribution in [-0.2, 0) is 4.79 Å². The van der Waals surface area contributed by atoms with Crippen molar-refractivity contribution in [2.24, 2.45) is 0 Å². The summed E-state index contributed by atoms with van der Waals surface area (Å²) in [6.45, 7) is 1.71. The van der Waals surface area contributed by atoms with Gasteiger partial charge >= 0.3 is 0 Å². The number of benzene rings is 2. The second-order valence-electron chi connectivity index (χ2n) is 5.65. The normalized spacial score (nSPS) is 12.0. The Morgan fingerprint density at radius 1 is 1.14 bits per heavy atom. The number of anilines is 1. The number of nitrogens with one attached hydrogen (secondary N) is 1. The molecule has 3 aromatic rings. The Bertz CT molecular complexity index is 1040. The first kappa shape index (κ1) is 21.1. The highest BCUT2D eigenvalue weighted by atomic mass is 35.5. The average Bonchev–Trinajstić information content (AvgIpc) is 2.99. The maximum Gasteiger partial charge on any atom is 0.237 e. The zero-order valence-corrected chi connectivity index (χ0v) is 18.1. The molecule has 6 nitrogen and oxygen atoms in total. The summed E-state index contributed by atoms with van der Waals surface area (Å²) in [5.41, 5.74) is 1.00. The molecule has 3 N–H and O–H groups in total. The van der Waals surface area contributed by atoms with Crippen LogP contribution in [0.2, 0.25) is 20.1 Å². The Balaban J connectivity index is 1.76. The van der Waals surface area contributed by atoms with Crippen molar-refractivity contribution in [1.29, 1.82) is 0 Å². The first-order valence-electron chi connectivity index (χ1n) is 7.85. The smallest absolute Gasteiger partial charge is 0.237 e. The van der Waals surface area contributed by atoms with Gasteiger partial charge in [-0.15, -0.1) is 10.2 Å². The van der Waals surface area contributed by atoms with Gasteiger partial charge in [-0.05, 0) is 37.3 Å². The molecular weight excluding hydrogens is 464 g/mol. The van der Waals surface area contributed by atoms with Gasteiger partial charge in [-0.25, -0.2) is 4.68 Å². The van der Waals surface area contributed by atoms with Gasteiger partial charge in [-0.3, -0.25) is 4.79 Å². The summed E-state index contributed by atoms with van der Waals surface area (Å²) in [6, 6.07) is 9.96. The number of carbonyl (C=O) groups excluding carboxylic acids is 1. The lowest BCUT2D eigenvalue weighted by molar-refractivity contribution is -0.115. The summed E-state index contributed by atoms with van der Waals surface area (Å²) in [7, 11) is 0. The molecule has 28 heavy (non-hydrogen) atoms. The lowest BCUT2D eigenvalue weighted by Gasteiger charge is -2.13. The van der Waals surface area contributed by atoms with Gasteiger partial charge in [0.1, 0.15) is 0 Å². The lowest BCUT2D eigenvalue weighted by atomic mass is 10.2. The number of carbonyl (C=O) groups is 1. The highest BCUT2D eigenvalue weighted by Crippen LogP contribution is 2.32. The highest BCUT2D eigenvalue weighted by molar-refractivity contribution is 8.00. The van der Waals surface area contributed by atoms with Gasteiger partial charge in [0.25, 0.3) is 0 Å². The zero-order chi connectivity index (χ0) is 20.4. The number of thioether (sulfide) groups is 1. The van der Waals surface area contributed by atoms with Crippen molar-refractivity contribution in [2.75, 3.05) is 11.2 Å². The molecule has 0 aliphatic rings. The fourth-order valence-corrected chi connectivity index (χ4v) is 3.87. The van der Waals surface area contributed by atoms with Crippen molar-refractivity contribution in [3.63, 3.8) is 0 Å². The molecule has 1 aromatic heterocycles. The van der Waals surface area contributed by atoms with E-state index in [9.17, 15) is 4.79 Å². The van der Waals surface area contributed by atoms with E-state index in [1.54, 1.807) is 43.3 Å². The Kier molecular flexibility index (Phi) is 6.62. The number of nitrogens with zero attached hydrogens (tertiary/aromatic N) is 3. The van der Waals surface area contributed by atoms with Crippen LogP contribution >= 0.6 is 58.2 Å². The number of hydrogen-bond acceptors (Lipinski definition) is 5. The van der Waals surface area contributed by atoms with E-state index >= 15 is 0 Å². The van der Waals surface area contributed by atoms with E-state index in [1.165, 1.54) is 4.68 Å². The van der Waals surface area contributed by atoms with Crippen LogP contribution in [0.15, 0.2) is 41.6 Å². The molecule has 3 rings (SSSR count). The minimum absolute atomic E-state index is 0.274. The van der Waals surface area contributed by atoms with Crippen LogP contribution in [0.4, 0.5) is 5.69 Å². The number of aromatic nitrogens is 3. The molecule has 1 atom stereocenters. The Morgan fingerprint density at radius 2 is 1.89 bits per heavy atom. The standard InChI is InChI=1S/C17H13Cl4N5OS/c1-8(16(27)23-13-4-2-3-11(19)14(13)21)28-17-25-24-15(26(17)22)10-6-5-9(18)7-12(10)20/h2-8H,22H2,1H3,(H,23,27). The lowest BCUT2D eigenvalue weighted by Crippen LogP contribution is -2.23. The van der Waals surface area contributed by atoms with E-state index < -0.39 is 5.25 Å². The van der Waals surface area contributed by atoms with E-state index in [0.29, 0.717) is 37.3 Å². The van der Waals surface area contributed by atoms with E-state index in [2.05, 4.69) is 15.5 Å². The number of amides is 1. The van der Waals surface area contributed by atoms with Crippen LogP contribution in [0, 0.1) is 0 Å². The summed E-state index contributed by atoms with van der Waals surface area (Å²) in [5.74, 6) is 6.16. The molecule has 0 bridgehead atoms. The maximum atomic E-state index is 12.5. The summed E-state index contributed by atoms with van der Waals surface area (Å²) in [4.78, 5) is 12.5. The first-order chi connectivity index (χ1) is 13.3. The molecule has 0 radical (unpaired) electrons. The highest BCUT2D eigenvalue weighted by Gasteiger charge is 2.21. The predicted octanol–water partition coefficient (Wildman–Crippen LogP) is 5.39. The van der Waals surface area contributed by atoms with E-state index in [4.69, 9.17) is 52.2 Å². The van der Waals surface area contributed by atoms with Crippen molar-refractivity contribution in [3.8, 4) is 11.4 Å². The zero-order valence-electron chi connectivity index (χ0n) is 14.3. The van der Waals surface area contributed by atoms with Gasteiger partial charge in [0, 0.05) is 10.6 Å². The van der Waals surface area contributed by atoms with Crippen LogP contribution in [0.1, 0.15) is 6.92 Å². The van der Waals surface area contributed by atoms with Crippen molar-refractivity contribution in [3.05, 3.63) is 56.5 Å². The van der Waals surface area contributed by atoms with Crippen LogP contribution in [0.25, 0.3) is 11.4 Å². The fourth-order valence-electron chi connectivity index (χ4n) is 2.26. The molecular formula is C17H13Cl4N5OS. The topological polar surface area (TPSA) is 85.8 Å². The van der Waals surface area contributed by atoms with Gasteiger partial charge in [0.05, 0.1) is 26.0 Å². The molecule has 0 saturated heterocycles.